The van der Waals surface area contributed by atoms with E-state index in [2.05, 4.69) is 16.0 Å². The van der Waals surface area contributed by atoms with Gasteiger partial charge in [0.05, 0.1) is 6.04 Å². The van der Waals surface area contributed by atoms with Gasteiger partial charge in [0.15, 0.2) is 0 Å². The van der Waals surface area contributed by atoms with Crippen LogP contribution in [-0.2, 0) is 4.79 Å². The summed E-state index contributed by atoms with van der Waals surface area (Å²) in [5.41, 5.74) is 0.407. The molecule has 24 heavy (non-hydrogen) atoms. The average molecular weight is 333 g/mol. The number of benzene rings is 1. The second-order valence-corrected chi connectivity index (χ2v) is 6.66. The number of hydrogen-bond acceptors (Lipinski definition) is 3. The Balaban J connectivity index is 1.36. The van der Waals surface area contributed by atoms with Crippen LogP contribution in [0.25, 0.3) is 0 Å². The number of fused-ring (bicyclic) bond motifs is 1. The summed E-state index contributed by atoms with van der Waals surface area (Å²) in [6, 6.07) is 5.77. The van der Waals surface area contributed by atoms with Crippen LogP contribution in [0.15, 0.2) is 24.3 Å². The molecule has 130 valence electrons. The number of halogens is 1. The molecular weight excluding hydrogens is 309 g/mol. The van der Waals surface area contributed by atoms with Crippen LogP contribution in [-0.4, -0.2) is 37.0 Å². The highest BCUT2D eigenvalue weighted by atomic mass is 19.1. The SMILES string of the molecule is O=C(NCCNC(=O)C1CC2CCCCC2N1)c1ccc(F)cc1. The number of carbonyl (C=O) groups excluding carboxylic acids is 2. The van der Waals surface area contributed by atoms with E-state index in [0.29, 0.717) is 30.6 Å². The molecule has 1 saturated heterocycles. The van der Waals surface area contributed by atoms with E-state index in [1.807, 2.05) is 0 Å². The molecule has 3 atom stereocenters. The molecule has 2 aliphatic rings. The van der Waals surface area contributed by atoms with Gasteiger partial charge >= 0.3 is 0 Å². The van der Waals surface area contributed by atoms with Crippen molar-refractivity contribution in [2.75, 3.05) is 13.1 Å². The van der Waals surface area contributed by atoms with Crippen molar-refractivity contribution in [2.24, 2.45) is 5.92 Å². The summed E-state index contributed by atoms with van der Waals surface area (Å²) in [7, 11) is 0. The van der Waals surface area contributed by atoms with E-state index in [1.165, 1.54) is 49.9 Å². The Bertz CT molecular complexity index is 576. The third-order valence-corrected chi connectivity index (χ3v) is 5.00. The van der Waals surface area contributed by atoms with Crippen molar-refractivity contribution in [2.45, 2.75) is 44.2 Å². The van der Waals surface area contributed by atoms with Crippen LogP contribution in [0.3, 0.4) is 0 Å². The number of carbonyl (C=O) groups is 2. The minimum Gasteiger partial charge on any atom is -0.353 e. The topological polar surface area (TPSA) is 70.2 Å². The maximum atomic E-state index is 12.8. The quantitative estimate of drug-likeness (QED) is 0.717. The molecule has 1 aromatic carbocycles. The molecule has 1 aliphatic heterocycles. The molecule has 6 heteroatoms. The van der Waals surface area contributed by atoms with Crippen molar-refractivity contribution in [3.05, 3.63) is 35.6 Å². The second kappa shape index (κ2) is 7.75. The first kappa shape index (κ1) is 16.9. The molecule has 0 bridgehead atoms. The molecule has 1 aliphatic carbocycles. The fraction of sp³-hybridized carbons (Fsp3) is 0.556. The standard InChI is InChI=1S/C18H24FN3O2/c19-14-7-5-12(6-8-14)17(23)20-9-10-21-18(24)16-11-13-3-1-2-4-15(13)22-16/h5-8,13,15-16,22H,1-4,9-11H2,(H,20,23)(H,21,24). The van der Waals surface area contributed by atoms with Gasteiger partial charge in [-0.15, -0.1) is 0 Å². The van der Waals surface area contributed by atoms with E-state index in [0.717, 1.165) is 6.42 Å². The van der Waals surface area contributed by atoms with Gasteiger partial charge in [0.1, 0.15) is 5.82 Å². The third kappa shape index (κ3) is 4.12. The van der Waals surface area contributed by atoms with Crippen LogP contribution in [0.1, 0.15) is 42.5 Å². The molecule has 3 unspecified atom stereocenters. The third-order valence-electron chi connectivity index (χ3n) is 5.00. The normalized spacial score (nSPS) is 25.8. The average Bonchev–Trinajstić information content (AvgIpc) is 3.03. The van der Waals surface area contributed by atoms with Gasteiger partial charge in [0, 0.05) is 24.7 Å². The largest absolute Gasteiger partial charge is 0.353 e. The number of rotatable bonds is 5. The lowest BCUT2D eigenvalue weighted by molar-refractivity contribution is -0.122. The summed E-state index contributed by atoms with van der Waals surface area (Å²) >= 11 is 0. The number of amides is 2. The van der Waals surface area contributed by atoms with E-state index in [1.54, 1.807) is 0 Å². The molecule has 3 N–H and O–H groups in total. The van der Waals surface area contributed by atoms with Crippen molar-refractivity contribution >= 4 is 11.8 Å². The smallest absolute Gasteiger partial charge is 0.251 e. The summed E-state index contributed by atoms with van der Waals surface area (Å²) in [6.07, 6.45) is 5.82. The van der Waals surface area contributed by atoms with E-state index >= 15 is 0 Å². The molecule has 0 radical (unpaired) electrons. The summed E-state index contributed by atoms with van der Waals surface area (Å²) < 4.78 is 12.8. The van der Waals surface area contributed by atoms with Crippen LogP contribution < -0.4 is 16.0 Å². The zero-order chi connectivity index (χ0) is 16.9. The Morgan fingerprint density at radius 3 is 2.54 bits per heavy atom. The predicted octanol–water partition coefficient (Wildman–Crippen LogP) is 1.59. The van der Waals surface area contributed by atoms with Gasteiger partial charge in [-0.1, -0.05) is 12.8 Å². The van der Waals surface area contributed by atoms with Crippen molar-refractivity contribution in [3.8, 4) is 0 Å². The summed E-state index contributed by atoms with van der Waals surface area (Å²) in [6.45, 7) is 0.737. The Morgan fingerprint density at radius 2 is 1.79 bits per heavy atom. The molecule has 1 heterocycles. The Morgan fingerprint density at radius 1 is 1.08 bits per heavy atom. The van der Waals surface area contributed by atoms with Crippen LogP contribution in [0.2, 0.25) is 0 Å². The molecule has 0 aromatic heterocycles. The van der Waals surface area contributed by atoms with Gasteiger partial charge in [-0.05, 0) is 49.4 Å². The van der Waals surface area contributed by atoms with Crippen molar-refractivity contribution in [1.29, 1.82) is 0 Å². The van der Waals surface area contributed by atoms with Crippen molar-refractivity contribution in [1.82, 2.24) is 16.0 Å². The fourth-order valence-electron chi connectivity index (χ4n) is 3.71. The first-order valence-electron chi connectivity index (χ1n) is 8.71. The summed E-state index contributed by atoms with van der Waals surface area (Å²) in [5.74, 6) is 0.00538. The van der Waals surface area contributed by atoms with Gasteiger partial charge in [-0.2, -0.15) is 0 Å². The molecule has 1 saturated carbocycles. The zero-order valence-corrected chi connectivity index (χ0v) is 13.7. The molecule has 2 amide bonds. The Hall–Kier alpha value is -1.95. The molecule has 0 spiro atoms. The lowest BCUT2D eigenvalue weighted by atomic mass is 9.85. The molecule has 3 rings (SSSR count). The highest BCUT2D eigenvalue weighted by Gasteiger charge is 2.37. The maximum absolute atomic E-state index is 12.8. The maximum Gasteiger partial charge on any atom is 0.251 e. The van der Waals surface area contributed by atoms with E-state index in [4.69, 9.17) is 0 Å². The fourth-order valence-corrected chi connectivity index (χ4v) is 3.71. The first-order chi connectivity index (χ1) is 11.6. The Labute approximate surface area is 141 Å². The lowest BCUT2D eigenvalue weighted by Gasteiger charge is -2.24. The highest BCUT2D eigenvalue weighted by molar-refractivity contribution is 5.94. The van der Waals surface area contributed by atoms with Crippen molar-refractivity contribution in [3.63, 3.8) is 0 Å². The van der Waals surface area contributed by atoms with Crippen LogP contribution in [0.4, 0.5) is 4.39 Å². The van der Waals surface area contributed by atoms with Crippen molar-refractivity contribution < 1.29 is 14.0 Å². The monoisotopic (exact) mass is 333 g/mol. The second-order valence-electron chi connectivity index (χ2n) is 6.66. The van der Waals surface area contributed by atoms with E-state index in [9.17, 15) is 14.0 Å². The lowest BCUT2D eigenvalue weighted by Crippen LogP contribution is -2.45. The highest BCUT2D eigenvalue weighted by Crippen LogP contribution is 2.33. The summed E-state index contributed by atoms with van der Waals surface area (Å²) in [5, 5.41) is 9.03. The van der Waals surface area contributed by atoms with Gasteiger partial charge in [-0.3, -0.25) is 9.59 Å². The van der Waals surface area contributed by atoms with E-state index < -0.39 is 0 Å². The molecule has 5 nitrogen and oxygen atoms in total. The zero-order valence-electron chi connectivity index (χ0n) is 13.7. The number of hydrogen-bond donors (Lipinski definition) is 3. The minimum atomic E-state index is -0.372. The van der Waals surface area contributed by atoms with E-state index in [-0.39, 0.29) is 23.7 Å². The molecular formula is C18H24FN3O2. The van der Waals surface area contributed by atoms with Crippen LogP contribution in [0, 0.1) is 11.7 Å². The predicted molar refractivity (Wildman–Crippen MR) is 89.0 cm³/mol. The minimum absolute atomic E-state index is 0.0143. The number of nitrogens with one attached hydrogen (secondary N) is 3. The summed E-state index contributed by atoms with van der Waals surface area (Å²) in [4.78, 5) is 24.1. The molecule has 2 fully saturated rings. The van der Waals surface area contributed by atoms with Gasteiger partial charge in [-0.25, -0.2) is 4.39 Å². The van der Waals surface area contributed by atoms with Crippen LogP contribution >= 0.6 is 0 Å². The Kier molecular flexibility index (Phi) is 5.45. The molecule has 1 aromatic rings. The van der Waals surface area contributed by atoms with Gasteiger partial charge < -0.3 is 16.0 Å². The van der Waals surface area contributed by atoms with Gasteiger partial charge in [0.25, 0.3) is 5.91 Å². The van der Waals surface area contributed by atoms with Crippen LogP contribution in [0.5, 0.6) is 0 Å². The van der Waals surface area contributed by atoms with Gasteiger partial charge in [0.2, 0.25) is 5.91 Å². The first-order valence-corrected chi connectivity index (χ1v) is 8.71.